The molecule has 1 amide bonds. The molecular weight excluding hydrogens is 316 g/mol. The molecule has 0 atom stereocenters. The standard InChI is InChI=1S/C17H19ClN2O3/c1-19-14-3-2-13(18)10-12(14)11-15(19)16(21)20-6-4-17(5-7-20)22-8-9-23-17/h2-3,10-11H,4-9H2,1H3. The van der Waals surface area contributed by atoms with Crippen LogP contribution in [0.5, 0.6) is 0 Å². The lowest BCUT2D eigenvalue weighted by atomic mass is 10.0. The van der Waals surface area contributed by atoms with Gasteiger partial charge in [0.05, 0.1) is 13.2 Å². The van der Waals surface area contributed by atoms with Crippen molar-refractivity contribution in [2.45, 2.75) is 18.6 Å². The van der Waals surface area contributed by atoms with Crippen molar-refractivity contribution in [1.29, 1.82) is 0 Å². The van der Waals surface area contributed by atoms with Crippen molar-refractivity contribution < 1.29 is 14.3 Å². The van der Waals surface area contributed by atoms with Crippen LogP contribution >= 0.6 is 11.6 Å². The van der Waals surface area contributed by atoms with Gasteiger partial charge in [-0.3, -0.25) is 4.79 Å². The number of rotatable bonds is 1. The maximum atomic E-state index is 12.9. The molecule has 1 spiro atoms. The van der Waals surface area contributed by atoms with Gasteiger partial charge >= 0.3 is 0 Å². The van der Waals surface area contributed by atoms with Gasteiger partial charge in [0.1, 0.15) is 5.69 Å². The average Bonchev–Trinajstić information content (AvgIpc) is 3.13. The molecule has 6 heteroatoms. The van der Waals surface area contributed by atoms with Crippen molar-refractivity contribution in [2.24, 2.45) is 7.05 Å². The topological polar surface area (TPSA) is 43.7 Å². The number of ether oxygens (including phenoxy) is 2. The van der Waals surface area contributed by atoms with Crippen LogP contribution in [-0.2, 0) is 16.5 Å². The maximum Gasteiger partial charge on any atom is 0.270 e. The van der Waals surface area contributed by atoms with Gasteiger partial charge < -0.3 is 18.9 Å². The second kappa shape index (κ2) is 5.51. The second-order valence-corrected chi connectivity index (χ2v) is 6.63. The normalized spacial score (nSPS) is 20.5. The van der Waals surface area contributed by atoms with Crippen molar-refractivity contribution in [3.05, 3.63) is 35.0 Å². The molecule has 0 unspecified atom stereocenters. The largest absolute Gasteiger partial charge is 0.347 e. The lowest BCUT2D eigenvalue weighted by Gasteiger charge is -2.37. The summed E-state index contributed by atoms with van der Waals surface area (Å²) in [5.41, 5.74) is 1.69. The zero-order valence-electron chi connectivity index (χ0n) is 13.0. The SMILES string of the molecule is Cn1c(C(=O)N2CCC3(CC2)OCCO3)cc2cc(Cl)ccc21. The van der Waals surface area contributed by atoms with Crippen LogP contribution in [0.4, 0.5) is 0 Å². The van der Waals surface area contributed by atoms with Gasteiger partial charge in [-0.15, -0.1) is 0 Å². The Labute approximate surface area is 139 Å². The molecule has 23 heavy (non-hydrogen) atoms. The van der Waals surface area contributed by atoms with Crippen LogP contribution in [0.15, 0.2) is 24.3 Å². The van der Waals surface area contributed by atoms with E-state index in [4.69, 9.17) is 21.1 Å². The summed E-state index contributed by atoms with van der Waals surface area (Å²) in [6, 6.07) is 7.59. The molecule has 122 valence electrons. The first-order valence-electron chi connectivity index (χ1n) is 7.90. The highest BCUT2D eigenvalue weighted by molar-refractivity contribution is 6.31. The molecule has 0 bridgehead atoms. The number of aryl methyl sites for hydroxylation is 1. The number of piperidine rings is 1. The fourth-order valence-electron chi connectivity index (χ4n) is 3.52. The smallest absolute Gasteiger partial charge is 0.270 e. The summed E-state index contributed by atoms with van der Waals surface area (Å²) in [6.07, 6.45) is 1.46. The van der Waals surface area contributed by atoms with Crippen LogP contribution in [-0.4, -0.2) is 47.5 Å². The summed E-state index contributed by atoms with van der Waals surface area (Å²) in [4.78, 5) is 14.7. The Bertz CT molecular complexity index is 755. The van der Waals surface area contributed by atoms with Gasteiger partial charge in [0.25, 0.3) is 5.91 Å². The summed E-state index contributed by atoms with van der Waals surface area (Å²) < 4.78 is 13.4. The van der Waals surface area contributed by atoms with Gasteiger partial charge in [-0.1, -0.05) is 11.6 Å². The highest BCUT2D eigenvalue weighted by atomic mass is 35.5. The Morgan fingerprint density at radius 2 is 1.87 bits per heavy atom. The first-order valence-corrected chi connectivity index (χ1v) is 8.28. The molecule has 2 aliphatic heterocycles. The van der Waals surface area contributed by atoms with E-state index < -0.39 is 5.79 Å². The summed E-state index contributed by atoms with van der Waals surface area (Å²) in [5, 5.41) is 1.66. The first-order chi connectivity index (χ1) is 11.1. The molecule has 2 fully saturated rings. The van der Waals surface area contributed by atoms with Crippen LogP contribution in [0, 0.1) is 0 Å². The molecule has 0 saturated carbocycles. The summed E-state index contributed by atoms with van der Waals surface area (Å²) >= 11 is 6.05. The summed E-state index contributed by atoms with van der Waals surface area (Å²) in [5.74, 6) is -0.406. The van der Waals surface area contributed by atoms with Crippen molar-refractivity contribution in [1.82, 2.24) is 9.47 Å². The second-order valence-electron chi connectivity index (χ2n) is 6.19. The Morgan fingerprint density at radius 3 is 2.57 bits per heavy atom. The molecule has 0 aliphatic carbocycles. The van der Waals surface area contributed by atoms with E-state index in [1.54, 1.807) is 0 Å². The van der Waals surface area contributed by atoms with E-state index in [9.17, 15) is 4.79 Å². The number of benzene rings is 1. The lowest BCUT2D eigenvalue weighted by molar-refractivity contribution is -0.181. The highest BCUT2D eigenvalue weighted by Gasteiger charge is 2.41. The molecule has 2 saturated heterocycles. The van der Waals surface area contributed by atoms with Crippen molar-refractivity contribution >= 4 is 28.4 Å². The molecule has 1 aromatic heterocycles. The first kappa shape index (κ1) is 15.0. The number of nitrogens with zero attached hydrogens (tertiary/aromatic N) is 2. The minimum atomic E-state index is -0.455. The summed E-state index contributed by atoms with van der Waals surface area (Å²) in [7, 11) is 1.91. The molecule has 2 aliphatic rings. The number of amides is 1. The number of carbonyl (C=O) groups excluding carboxylic acids is 1. The van der Waals surface area contributed by atoms with Gasteiger partial charge in [-0.05, 0) is 24.3 Å². The Balaban J connectivity index is 1.56. The van der Waals surface area contributed by atoms with Crippen molar-refractivity contribution in [3.63, 3.8) is 0 Å². The minimum absolute atomic E-state index is 0.0488. The average molecular weight is 335 g/mol. The number of hydrogen-bond donors (Lipinski definition) is 0. The van der Waals surface area contributed by atoms with Gasteiger partial charge in [-0.2, -0.15) is 0 Å². The quantitative estimate of drug-likeness (QED) is 0.805. The third-order valence-electron chi connectivity index (χ3n) is 4.85. The number of carbonyl (C=O) groups is 1. The monoisotopic (exact) mass is 334 g/mol. The predicted octanol–water partition coefficient (Wildman–Crippen LogP) is 2.81. The zero-order chi connectivity index (χ0) is 16.0. The van der Waals surface area contributed by atoms with Gasteiger partial charge in [-0.25, -0.2) is 0 Å². The fraction of sp³-hybridized carbons (Fsp3) is 0.471. The molecule has 0 N–H and O–H groups in total. The number of halogens is 1. The van der Waals surface area contributed by atoms with Crippen LogP contribution < -0.4 is 0 Å². The molecule has 5 nitrogen and oxygen atoms in total. The number of fused-ring (bicyclic) bond motifs is 1. The number of likely N-dealkylation sites (tertiary alicyclic amines) is 1. The van der Waals surface area contributed by atoms with E-state index in [-0.39, 0.29) is 5.91 Å². The molecule has 4 rings (SSSR count). The Morgan fingerprint density at radius 1 is 1.17 bits per heavy atom. The highest BCUT2D eigenvalue weighted by Crippen LogP contribution is 2.32. The van der Waals surface area contributed by atoms with E-state index >= 15 is 0 Å². The maximum absolute atomic E-state index is 12.9. The molecule has 2 aromatic rings. The molecule has 1 aromatic carbocycles. The van der Waals surface area contributed by atoms with Crippen LogP contribution in [0.3, 0.4) is 0 Å². The van der Waals surface area contributed by atoms with Crippen molar-refractivity contribution in [2.75, 3.05) is 26.3 Å². The van der Waals surface area contributed by atoms with Gasteiger partial charge in [0.2, 0.25) is 0 Å². The van der Waals surface area contributed by atoms with E-state index in [0.717, 1.165) is 23.7 Å². The third-order valence-corrected chi connectivity index (χ3v) is 5.08. The minimum Gasteiger partial charge on any atom is -0.347 e. The fourth-order valence-corrected chi connectivity index (χ4v) is 3.70. The summed E-state index contributed by atoms with van der Waals surface area (Å²) in [6.45, 7) is 2.61. The number of aromatic nitrogens is 1. The van der Waals surface area contributed by atoms with E-state index in [1.165, 1.54) is 0 Å². The predicted molar refractivity (Wildman–Crippen MR) is 87.7 cm³/mol. The molecule has 0 radical (unpaired) electrons. The van der Waals surface area contributed by atoms with E-state index in [0.29, 0.717) is 37.0 Å². The van der Waals surface area contributed by atoms with Crippen LogP contribution in [0.1, 0.15) is 23.3 Å². The van der Waals surface area contributed by atoms with Gasteiger partial charge in [0.15, 0.2) is 5.79 Å². The Hall–Kier alpha value is -1.56. The van der Waals surface area contributed by atoms with E-state index in [1.807, 2.05) is 40.8 Å². The molecule has 3 heterocycles. The molecular formula is C17H19ClN2O3. The van der Waals surface area contributed by atoms with Crippen LogP contribution in [0.25, 0.3) is 10.9 Å². The van der Waals surface area contributed by atoms with Crippen LogP contribution in [0.2, 0.25) is 5.02 Å². The Kier molecular flexibility index (Phi) is 3.59. The van der Waals surface area contributed by atoms with Gasteiger partial charge in [0, 0.05) is 48.9 Å². The zero-order valence-corrected chi connectivity index (χ0v) is 13.8. The lowest BCUT2D eigenvalue weighted by Crippen LogP contribution is -2.47. The third kappa shape index (κ3) is 2.53. The van der Waals surface area contributed by atoms with E-state index in [2.05, 4.69) is 0 Å². The van der Waals surface area contributed by atoms with Crippen molar-refractivity contribution in [3.8, 4) is 0 Å². The number of hydrogen-bond acceptors (Lipinski definition) is 3.